The summed E-state index contributed by atoms with van der Waals surface area (Å²) in [7, 11) is 1.97. The first kappa shape index (κ1) is 12.6. The normalized spacial score (nSPS) is 18.4. The van der Waals surface area contributed by atoms with E-state index in [2.05, 4.69) is 41.1 Å². The molecule has 1 unspecified atom stereocenters. The fourth-order valence-corrected chi connectivity index (χ4v) is 2.31. The summed E-state index contributed by atoms with van der Waals surface area (Å²) in [5.74, 6) is 1.28. The molecule has 1 saturated carbocycles. The fourth-order valence-electron chi connectivity index (χ4n) is 2.31. The highest BCUT2D eigenvalue weighted by Crippen LogP contribution is 2.38. The van der Waals surface area contributed by atoms with E-state index in [1.54, 1.807) is 0 Å². The molecule has 0 spiro atoms. The first-order valence-electron chi connectivity index (χ1n) is 6.73. The van der Waals surface area contributed by atoms with Crippen LogP contribution in [0.1, 0.15) is 63.4 Å². The Labute approximate surface area is 104 Å². The Morgan fingerprint density at radius 3 is 2.53 bits per heavy atom. The summed E-state index contributed by atoms with van der Waals surface area (Å²) < 4.78 is 2.17. The topological polar surface area (TPSA) is 42.7 Å². The van der Waals surface area contributed by atoms with Gasteiger partial charge in [-0.2, -0.15) is 0 Å². The lowest BCUT2D eigenvalue weighted by atomic mass is 9.81. The van der Waals surface area contributed by atoms with Crippen molar-refractivity contribution in [3.63, 3.8) is 0 Å². The highest BCUT2D eigenvalue weighted by molar-refractivity contribution is 5.18. The summed E-state index contributed by atoms with van der Waals surface area (Å²) >= 11 is 0. The van der Waals surface area contributed by atoms with Gasteiger partial charge in [-0.1, -0.05) is 25.5 Å². The van der Waals surface area contributed by atoms with E-state index in [4.69, 9.17) is 0 Å². The molecular weight excluding hydrogens is 212 g/mol. The molecule has 0 bridgehead atoms. The Balaban J connectivity index is 2.30. The molecule has 4 heteroatoms. The van der Waals surface area contributed by atoms with E-state index in [1.165, 1.54) is 25.0 Å². The number of hydrogen-bond donors (Lipinski definition) is 1. The minimum atomic E-state index is 0.434. The molecule has 0 amide bonds. The molecular formula is C13H24N4. The molecule has 0 aromatic carbocycles. The molecule has 1 aromatic heterocycles. The van der Waals surface area contributed by atoms with Crippen LogP contribution in [-0.2, 0) is 6.54 Å². The van der Waals surface area contributed by atoms with E-state index in [0.29, 0.717) is 17.9 Å². The lowest BCUT2D eigenvalue weighted by Crippen LogP contribution is -2.22. The van der Waals surface area contributed by atoms with Crippen LogP contribution in [0.25, 0.3) is 0 Å². The van der Waals surface area contributed by atoms with Crippen molar-refractivity contribution in [2.24, 2.45) is 5.92 Å². The van der Waals surface area contributed by atoms with Crippen molar-refractivity contribution in [2.45, 2.75) is 58.5 Å². The third-order valence-electron chi connectivity index (χ3n) is 3.99. The van der Waals surface area contributed by atoms with Crippen molar-refractivity contribution in [1.82, 2.24) is 20.3 Å². The van der Waals surface area contributed by atoms with Crippen LogP contribution in [0.15, 0.2) is 0 Å². The van der Waals surface area contributed by atoms with Crippen molar-refractivity contribution >= 4 is 0 Å². The van der Waals surface area contributed by atoms with Crippen molar-refractivity contribution in [3.8, 4) is 0 Å². The Morgan fingerprint density at radius 1 is 1.35 bits per heavy atom. The number of aromatic nitrogens is 3. The molecule has 1 aromatic rings. The molecule has 1 atom stereocenters. The highest BCUT2D eigenvalue weighted by Gasteiger charge is 2.29. The molecule has 1 aliphatic rings. The summed E-state index contributed by atoms with van der Waals surface area (Å²) in [5.41, 5.74) is 2.52. The van der Waals surface area contributed by atoms with E-state index < -0.39 is 0 Å². The number of nitrogens with one attached hydrogen (secondary N) is 1. The van der Waals surface area contributed by atoms with Gasteiger partial charge in [0.15, 0.2) is 0 Å². The minimum Gasteiger partial charge on any atom is -0.314 e. The smallest absolute Gasteiger partial charge is 0.0999 e. The molecule has 0 aliphatic heterocycles. The van der Waals surface area contributed by atoms with Gasteiger partial charge in [-0.15, -0.1) is 5.10 Å². The Bertz CT molecular complexity index is 365. The van der Waals surface area contributed by atoms with Gasteiger partial charge in [0.25, 0.3) is 0 Å². The summed E-state index contributed by atoms with van der Waals surface area (Å²) in [6.45, 7) is 7.56. The van der Waals surface area contributed by atoms with Crippen LogP contribution in [0, 0.1) is 5.92 Å². The van der Waals surface area contributed by atoms with Gasteiger partial charge in [0.2, 0.25) is 0 Å². The van der Waals surface area contributed by atoms with E-state index in [0.717, 1.165) is 12.2 Å². The monoisotopic (exact) mass is 236 g/mol. The second kappa shape index (κ2) is 5.17. The zero-order chi connectivity index (χ0) is 12.4. The molecule has 17 heavy (non-hydrogen) atoms. The van der Waals surface area contributed by atoms with Crippen LogP contribution in [0.5, 0.6) is 0 Å². The van der Waals surface area contributed by atoms with E-state index in [9.17, 15) is 0 Å². The van der Waals surface area contributed by atoms with Crippen LogP contribution in [0.3, 0.4) is 0 Å². The second-order valence-corrected chi connectivity index (χ2v) is 5.51. The van der Waals surface area contributed by atoms with Crippen LogP contribution >= 0.6 is 0 Å². The minimum absolute atomic E-state index is 0.434. The SMILES string of the molecule is CNCc1nnn(C(C)C(C)C)c1C1CCC1. The van der Waals surface area contributed by atoms with Gasteiger partial charge in [-0.05, 0) is 32.7 Å². The van der Waals surface area contributed by atoms with Gasteiger partial charge < -0.3 is 5.32 Å². The maximum absolute atomic E-state index is 4.39. The predicted octanol–water partition coefficient (Wildman–Crippen LogP) is 2.48. The quantitative estimate of drug-likeness (QED) is 0.854. The number of nitrogens with zero attached hydrogens (tertiary/aromatic N) is 3. The van der Waals surface area contributed by atoms with Gasteiger partial charge in [0, 0.05) is 12.5 Å². The van der Waals surface area contributed by atoms with E-state index in [-0.39, 0.29) is 0 Å². The van der Waals surface area contributed by atoms with Gasteiger partial charge in [-0.3, -0.25) is 0 Å². The molecule has 96 valence electrons. The largest absolute Gasteiger partial charge is 0.314 e. The first-order valence-corrected chi connectivity index (χ1v) is 6.73. The van der Waals surface area contributed by atoms with Crippen molar-refractivity contribution in [2.75, 3.05) is 7.05 Å². The third-order valence-corrected chi connectivity index (χ3v) is 3.99. The molecule has 1 heterocycles. The van der Waals surface area contributed by atoms with Crippen LogP contribution < -0.4 is 5.32 Å². The molecule has 2 rings (SSSR count). The highest BCUT2D eigenvalue weighted by atomic mass is 15.4. The average Bonchev–Trinajstić information content (AvgIpc) is 2.59. The standard InChI is InChI=1S/C13H24N4/c1-9(2)10(3)17-13(11-6-5-7-11)12(8-14-4)15-16-17/h9-11,14H,5-8H2,1-4H3. The summed E-state index contributed by atoms with van der Waals surface area (Å²) in [4.78, 5) is 0. The summed E-state index contributed by atoms with van der Waals surface area (Å²) in [6.07, 6.45) is 3.95. The summed E-state index contributed by atoms with van der Waals surface area (Å²) in [5, 5.41) is 11.9. The zero-order valence-electron chi connectivity index (χ0n) is 11.4. The van der Waals surface area contributed by atoms with E-state index in [1.807, 2.05) is 7.05 Å². The van der Waals surface area contributed by atoms with Crippen molar-refractivity contribution in [3.05, 3.63) is 11.4 Å². The van der Waals surface area contributed by atoms with E-state index >= 15 is 0 Å². The molecule has 1 aliphatic carbocycles. The van der Waals surface area contributed by atoms with Crippen LogP contribution in [0.4, 0.5) is 0 Å². The van der Waals surface area contributed by atoms with Gasteiger partial charge in [-0.25, -0.2) is 4.68 Å². The predicted molar refractivity (Wildman–Crippen MR) is 68.9 cm³/mol. The van der Waals surface area contributed by atoms with Gasteiger partial charge in [0.1, 0.15) is 0 Å². The van der Waals surface area contributed by atoms with Gasteiger partial charge in [0.05, 0.1) is 17.4 Å². The lowest BCUT2D eigenvalue weighted by Gasteiger charge is -2.29. The molecule has 0 radical (unpaired) electrons. The van der Waals surface area contributed by atoms with Crippen molar-refractivity contribution in [1.29, 1.82) is 0 Å². The molecule has 4 nitrogen and oxygen atoms in total. The summed E-state index contributed by atoms with van der Waals surface area (Å²) in [6, 6.07) is 0.434. The lowest BCUT2D eigenvalue weighted by molar-refractivity contribution is 0.322. The average molecular weight is 236 g/mol. The zero-order valence-corrected chi connectivity index (χ0v) is 11.4. The maximum atomic E-state index is 4.39. The maximum Gasteiger partial charge on any atom is 0.0999 e. The van der Waals surface area contributed by atoms with Crippen LogP contribution in [0.2, 0.25) is 0 Å². The Hall–Kier alpha value is -0.900. The molecule has 1 fully saturated rings. The molecule has 0 saturated heterocycles. The van der Waals surface area contributed by atoms with Gasteiger partial charge >= 0.3 is 0 Å². The third kappa shape index (κ3) is 2.37. The second-order valence-electron chi connectivity index (χ2n) is 5.51. The fraction of sp³-hybridized carbons (Fsp3) is 0.846. The Morgan fingerprint density at radius 2 is 2.06 bits per heavy atom. The van der Waals surface area contributed by atoms with Crippen LogP contribution in [-0.4, -0.2) is 22.0 Å². The Kier molecular flexibility index (Phi) is 3.82. The first-order chi connectivity index (χ1) is 8.15. The number of rotatable bonds is 5. The molecule has 1 N–H and O–H groups in total. The van der Waals surface area contributed by atoms with Crippen molar-refractivity contribution < 1.29 is 0 Å². The number of hydrogen-bond acceptors (Lipinski definition) is 3.